The highest BCUT2D eigenvalue weighted by Gasteiger charge is 2.25. The second-order valence-corrected chi connectivity index (χ2v) is 6.07. The zero-order valence-electron chi connectivity index (χ0n) is 13.3. The summed E-state index contributed by atoms with van der Waals surface area (Å²) in [6.45, 7) is 5.62. The Morgan fingerprint density at radius 2 is 1.78 bits per heavy atom. The van der Waals surface area contributed by atoms with Crippen LogP contribution in [-0.4, -0.2) is 0 Å². The molecule has 0 nitrogen and oxygen atoms in total. The van der Waals surface area contributed by atoms with Crippen molar-refractivity contribution in [3.05, 3.63) is 82.4 Å². The van der Waals surface area contributed by atoms with Crippen LogP contribution in [0.5, 0.6) is 0 Å². The van der Waals surface area contributed by atoms with Crippen molar-refractivity contribution < 1.29 is 8.78 Å². The fourth-order valence-corrected chi connectivity index (χ4v) is 3.43. The summed E-state index contributed by atoms with van der Waals surface area (Å²) in [5, 5.41) is 0. The molecule has 2 heteroatoms. The average molecular weight is 310 g/mol. The molecule has 0 N–H and O–H groups in total. The largest absolute Gasteiger partial charge is 0.207 e. The van der Waals surface area contributed by atoms with Gasteiger partial charge in [0.05, 0.1) is 0 Å². The number of allylic oxidation sites excluding steroid dienone is 1. The lowest BCUT2D eigenvalue weighted by atomic mass is 9.79. The monoisotopic (exact) mass is 310 g/mol. The Hall–Kier alpha value is -2.22. The first-order chi connectivity index (χ1) is 11.1. The Bertz CT molecular complexity index is 748. The predicted octanol–water partition coefficient (Wildman–Crippen LogP) is 5.91. The van der Waals surface area contributed by atoms with Crippen LogP contribution in [0.4, 0.5) is 8.78 Å². The van der Waals surface area contributed by atoms with Gasteiger partial charge in [0.2, 0.25) is 0 Å². The van der Waals surface area contributed by atoms with E-state index in [1.807, 2.05) is 19.1 Å². The van der Waals surface area contributed by atoms with E-state index in [1.54, 1.807) is 12.2 Å². The van der Waals surface area contributed by atoms with Crippen LogP contribution in [-0.2, 0) is 12.8 Å². The lowest BCUT2D eigenvalue weighted by molar-refractivity contribution is 0.491. The molecule has 0 saturated heterocycles. The number of aryl methyl sites for hydroxylation is 1. The van der Waals surface area contributed by atoms with Crippen molar-refractivity contribution in [1.29, 1.82) is 0 Å². The standard InChI is InChI=1S/C21H20F2/c1-3-5-15-11-19(22)21(20(23)12-15)18-9-8-16-10-14(4-2)6-7-17(16)13-18/h3-7,10-12,18H,2,8-9,13H2,1H3/b5-3+. The maximum absolute atomic E-state index is 14.4. The molecule has 0 saturated carbocycles. The highest BCUT2D eigenvalue weighted by molar-refractivity contribution is 5.52. The molecule has 0 aromatic heterocycles. The zero-order valence-corrected chi connectivity index (χ0v) is 13.3. The van der Waals surface area contributed by atoms with Crippen LogP contribution in [0.1, 0.15) is 47.1 Å². The molecular weight excluding hydrogens is 290 g/mol. The Balaban J connectivity index is 1.93. The molecule has 0 spiro atoms. The molecule has 0 radical (unpaired) electrons. The third-order valence-corrected chi connectivity index (χ3v) is 4.56. The number of hydrogen-bond acceptors (Lipinski definition) is 0. The van der Waals surface area contributed by atoms with Gasteiger partial charge >= 0.3 is 0 Å². The molecule has 1 unspecified atom stereocenters. The third kappa shape index (κ3) is 3.12. The summed E-state index contributed by atoms with van der Waals surface area (Å²) in [5.74, 6) is -0.972. The van der Waals surface area contributed by atoms with E-state index in [9.17, 15) is 8.78 Å². The van der Waals surface area contributed by atoms with Gasteiger partial charge in [0.1, 0.15) is 11.6 Å². The van der Waals surface area contributed by atoms with E-state index >= 15 is 0 Å². The first-order valence-electron chi connectivity index (χ1n) is 7.98. The molecule has 2 aromatic carbocycles. The van der Waals surface area contributed by atoms with E-state index < -0.39 is 11.6 Å². The Morgan fingerprint density at radius 3 is 2.43 bits per heavy atom. The first-order valence-corrected chi connectivity index (χ1v) is 7.98. The van der Waals surface area contributed by atoms with Gasteiger partial charge in [0.15, 0.2) is 0 Å². The molecule has 3 rings (SSSR count). The van der Waals surface area contributed by atoms with Crippen LogP contribution in [0.15, 0.2) is 43.0 Å². The van der Waals surface area contributed by atoms with Gasteiger partial charge < -0.3 is 0 Å². The SMILES string of the molecule is C=Cc1ccc2c(c1)CCC(c1c(F)cc(/C=C/C)cc1F)C2. The lowest BCUT2D eigenvalue weighted by Crippen LogP contribution is -2.15. The van der Waals surface area contributed by atoms with Gasteiger partial charge in [0, 0.05) is 5.56 Å². The topological polar surface area (TPSA) is 0 Å². The molecule has 0 bridgehead atoms. The number of hydrogen-bond donors (Lipinski definition) is 0. The molecule has 1 aliphatic rings. The van der Waals surface area contributed by atoms with Gasteiger partial charge in [-0.05, 0) is 66.5 Å². The Kier molecular flexibility index (Phi) is 4.42. The number of rotatable bonds is 3. The molecule has 1 atom stereocenters. The van der Waals surface area contributed by atoms with Crippen molar-refractivity contribution in [2.24, 2.45) is 0 Å². The number of fused-ring (bicyclic) bond motifs is 1. The fraction of sp³-hybridized carbons (Fsp3) is 0.238. The van der Waals surface area contributed by atoms with Crippen molar-refractivity contribution in [3.63, 3.8) is 0 Å². The van der Waals surface area contributed by atoms with E-state index in [-0.39, 0.29) is 11.5 Å². The van der Waals surface area contributed by atoms with Crippen LogP contribution < -0.4 is 0 Å². The Morgan fingerprint density at radius 1 is 1.04 bits per heavy atom. The molecular formula is C21H20F2. The average Bonchev–Trinajstić information content (AvgIpc) is 2.54. The summed E-state index contributed by atoms with van der Waals surface area (Å²) < 4.78 is 28.9. The van der Waals surface area contributed by atoms with Crippen molar-refractivity contribution in [1.82, 2.24) is 0 Å². The summed E-state index contributed by atoms with van der Waals surface area (Å²) in [4.78, 5) is 0. The zero-order chi connectivity index (χ0) is 16.4. The highest BCUT2D eigenvalue weighted by Crippen LogP contribution is 2.36. The molecule has 0 heterocycles. The smallest absolute Gasteiger partial charge is 0.130 e. The normalized spacial score (nSPS) is 17.3. The maximum atomic E-state index is 14.4. The van der Waals surface area contributed by atoms with E-state index in [0.717, 1.165) is 18.4 Å². The van der Waals surface area contributed by atoms with E-state index in [4.69, 9.17) is 0 Å². The van der Waals surface area contributed by atoms with Gasteiger partial charge in [0.25, 0.3) is 0 Å². The van der Waals surface area contributed by atoms with Gasteiger partial charge in [-0.3, -0.25) is 0 Å². The maximum Gasteiger partial charge on any atom is 0.130 e. The summed E-state index contributed by atoms with van der Waals surface area (Å²) in [7, 11) is 0. The second kappa shape index (κ2) is 6.49. The van der Waals surface area contributed by atoms with Crippen molar-refractivity contribution in [2.45, 2.75) is 32.1 Å². The minimum absolute atomic E-state index is 0.100. The Labute approximate surface area is 136 Å². The first kappa shape index (κ1) is 15.7. The summed E-state index contributed by atoms with van der Waals surface area (Å²) in [6, 6.07) is 9.04. The lowest BCUT2D eigenvalue weighted by Gasteiger charge is -2.26. The minimum Gasteiger partial charge on any atom is -0.207 e. The van der Waals surface area contributed by atoms with Gasteiger partial charge in [-0.1, -0.05) is 43.0 Å². The number of halogens is 2. The van der Waals surface area contributed by atoms with Crippen LogP contribution in [0.25, 0.3) is 12.2 Å². The van der Waals surface area contributed by atoms with Crippen LogP contribution in [0.2, 0.25) is 0 Å². The molecule has 118 valence electrons. The van der Waals surface area contributed by atoms with Crippen molar-refractivity contribution in [3.8, 4) is 0 Å². The molecule has 2 aromatic rings. The molecule has 0 aliphatic heterocycles. The summed E-state index contributed by atoms with van der Waals surface area (Å²) in [5.41, 5.74) is 4.35. The minimum atomic E-state index is -0.436. The van der Waals surface area contributed by atoms with E-state index in [0.29, 0.717) is 12.0 Å². The van der Waals surface area contributed by atoms with E-state index in [1.165, 1.54) is 23.3 Å². The summed E-state index contributed by atoms with van der Waals surface area (Å²) in [6.07, 6.45) is 7.61. The van der Waals surface area contributed by atoms with Crippen LogP contribution in [0.3, 0.4) is 0 Å². The van der Waals surface area contributed by atoms with Gasteiger partial charge in [-0.15, -0.1) is 0 Å². The molecule has 1 aliphatic carbocycles. The van der Waals surface area contributed by atoms with Gasteiger partial charge in [-0.2, -0.15) is 0 Å². The third-order valence-electron chi connectivity index (χ3n) is 4.56. The predicted molar refractivity (Wildman–Crippen MR) is 92.4 cm³/mol. The van der Waals surface area contributed by atoms with Crippen molar-refractivity contribution in [2.75, 3.05) is 0 Å². The quantitative estimate of drug-likeness (QED) is 0.660. The fourth-order valence-electron chi connectivity index (χ4n) is 3.43. The van der Waals surface area contributed by atoms with Crippen molar-refractivity contribution >= 4 is 12.2 Å². The molecule has 0 fully saturated rings. The summed E-state index contributed by atoms with van der Waals surface area (Å²) >= 11 is 0. The van der Waals surface area contributed by atoms with Crippen LogP contribution >= 0.6 is 0 Å². The van der Waals surface area contributed by atoms with E-state index in [2.05, 4.69) is 18.7 Å². The molecule has 23 heavy (non-hydrogen) atoms. The molecule has 0 amide bonds. The second-order valence-electron chi connectivity index (χ2n) is 6.07. The number of benzene rings is 2. The highest BCUT2D eigenvalue weighted by atomic mass is 19.1. The van der Waals surface area contributed by atoms with Gasteiger partial charge in [-0.25, -0.2) is 8.78 Å². The van der Waals surface area contributed by atoms with Crippen LogP contribution in [0, 0.1) is 11.6 Å².